The maximum absolute atomic E-state index is 13.5. The Morgan fingerprint density at radius 2 is 2.03 bits per heavy atom. The van der Waals surface area contributed by atoms with Crippen LogP contribution in [0.5, 0.6) is 0 Å². The van der Waals surface area contributed by atoms with Crippen molar-refractivity contribution in [1.82, 2.24) is 24.2 Å². The van der Waals surface area contributed by atoms with Crippen molar-refractivity contribution in [3.05, 3.63) is 45.9 Å². The first-order chi connectivity index (χ1) is 14.0. The Hall–Kier alpha value is -2.79. The number of likely N-dealkylation sites (tertiary alicyclic amines) is 1. The zero-order valence-electron chi connectivity index (χ0n) is 15.7. The van der Waals surface area contributed by atoms with E-state index in [4.69, 9.17) is 0 Å². The summed E-state index contributed by atoms with van der Waals surface area (Å²) >= 11 is 0. The molecule has 7 nitrogen and oxygen atoms in total. The minimum atomic E-state index is -4.57. The summed E-state index contributed by atoms with van der Waals surface area (Å²) in [7, 11) is 0. The van der Waals surface area contributed by atoms with Gasteiger partial charge in [-0.05, 0) is 24.5 Å². The van der Waals surface area contributed by atoms with Crippen LogP contribution in [0.1, 0.15) is 42.4 Å². The highest BCUT2D eigenvalue weighted by molar-refractivity contribution is 5.81. The zero-order chi connectivity index (χ0) is 21.7. The number of halogens is 5. The Balaban J connectivity index is 1.57. The highest BCUT2D eigenvalue weighted by Gasteiger charge is 2.43. The molecule has 2 aromatic rings. The SMILES string of the molecule is O=C(C1CCCc2nn(Cc3ccc(C(F)(F)F)nc3)c(=O)n21)N1CCC(F)(F)C1. The van der Waals surface area contributed by atoms with Crippen molar-refractivity contribution in [3.8, 4) is 0 Å². The van der Waals surface area contributed by atoms with Crippen molar-refractivity contribution >= 4 is 5.91 Å². The second-order valence-corrected chi connectivity index (χ2v) is 7.55. The van der Waals surface area contributed by atoms with E-state index in [9.17, 15) is 31.5 Å². The van der Waals surface area contributed by atoms with E-state index in [0.717, 1.165) is 21.8 Å². The van der Waals surface area contributed by atoms with Crippen molar-refractivity contribution in [2.45, 2.75) is 50.4 Å². The molecule has 4 heterocycles. The van der Waals surface area contributed by atoms with Gasteiger partial charge in [0.25, 0.3) is 5.92 Å². The van der Waals surface area contributed by atoms with Gasteiger partial charge in [0.1, 0.15) is 17.6 Å². The highest BCUT2D eigenvalue weighted by Crippen LogP contribution is 2.31. The lowest BCUT2D eigenvalue weighted by Crippen LogP contribution is -2.42. The Morgan fingerprint density at radius 3 is 2.63 bits per heavy atom. The average molecular weight is 431 g/mol. The van der Waals surface area contributed by atoms with Crippen LogP contribution in [0.15, 0.2) is 23.1 Å². The van der Waals surface area contributed by atoms with E-state index in [-0.39, 0.29) is 13.1 Å². The number of carbonyl (C=O) groups excluding carboxylic acids is 1. The lowest BCUT2D eigenvalue weighted by Gasteiger charge is -2.27. The molecule has 1 amide bonds. The summed E-state index contributed by atoms with van der Waals surface area (Å²) in [5, 5.41) is 4.20. The van der Waals surface area contributed by atoms with E-state index in [1.165, 1.54) is 10.6 Å². The number of aryl methyl sites for hydroxylation is 1. The Bertz CT molecular complexity index is 1010. The van der Waals surface area contributed by atoms with Crippen LogP contribution in [-0.2, 0) is 23.9 Å². The number of pyridine rings is 1. The second-order valence-electron chi connectivity index (χ2n) is 7.55. The maximum atomic E-state index is 13.5. The lowest BCUT2D eigenvalue weighted by atomic mass is 10.0. The van der Waals surface area contributed by atoms with E-state index in [0.29, 0.717) is 30.7 Å². The van der Waals surface area contributed by atoms with Crippen LogP contribution in [-0.4, -0.2) is 49.2 Å². The molecule has 0 radical (unpaired) electrons. The van der Waals surface area contributed by atoms with Gasteiger partial charge in [-0.2, -0.15) is 18.3 Å². The molecule has 1 saturated heterocycles. The molecule has 162 valence electrons. The smallest absolute Gasteiger partial charge is 0.335 e. The highest BCUT2D eigenvalue weighted by atomic mass is 19.4. The number of hydrogen-bond donors (Lipinski definition) is 0. The second kappa shape index (κ2) is 7.17. The van der Waals surface area contributed by atoms with E-state index in [1.54, 1.807) is 0 Å². The Labute approximate surface area is 167 Å². The summed E-state index contributed by atoms with van der Waals surface area (Å²) in [6, 6.07) is 1.11. The fourth-order valence-corrected chi connectivity index (χ4v) is 3.86. The van der Waals surface area contributed by atoms with Gasteiger partial charge < -0.3 is 4.90 Å². The van der Waals surface area contributed by atoms with Crippen LogP contribution < -0.4 is 5.69 Å². The number of amides is 1. The largest absolute Gasteiger partial charge is 0.433 e. The van der Waals surface area contributed by atoms with Gasteiger partial charge in [-0.25, -0.2) is 18.3 Å². The predicted octanol–water partition coefficient (Wildman–Crippen LogP) is 2.25. The summed E-state index contributed by atoms with van der Waals surface area (Å²) in [6.45, 7) is -0.859. The molecule has 1 atom stereocenters. The molecule has 30 heavy (non-hydrogen) atoms. The molecule has 0 saturated carbocycles. The number of rotatable bonds is 3. The van der Waals surface area contributed by atoms with E-state index in [2.05, 4.69) is 10.1 Å². The van der Waals surface area contributed by atoms with Gasteiger partial charge in [0.2, 0.25) is 5.91 Å². The summed E-state index contributed by atoms with van der Waals surface area (Å²) in [4.78, 5) is 30.1. The van der Waals surface area contributed by atoms with Gasteiger partial charge in [-0.3, -0.25) is 14.3 Å². The standard InChI is InChI=1S/C18H18F5N5O2/c19-17(20)6-7-26(10-17)15(29)12-2-1-3-14-25-27(16(30)28(12)14)9-11-4-5-13(24-8-11)18(21,22)23/h4-5,8,12H,1-3,6-7,9-10H2. The number of aromatic nitrogens is 4. The average Bonchev–Trinajstić information content (AvgIpc) is 3.20. The van der Waals surface area contributed by atoms with Crippen LogP contribution in [0, 0.1) is 0 Å². The van der Waals surface area contributed by atoms with Gasteiger partial charge in [-0.15, -0.1) is 0 Å². The van der Waals surface area contributed by atoms with Crippen LogP contribution >= 0.6 is 0 Å². The third kappa shape index (κ3) is 3.82. The summed E-state index contributed by atoms with van der Waals surface area (Å²) in [5.74, 6) is -3.11. The van der Waals surface area contributed by atoms with Gasteiger partial charge in [-0.1, -0.05) is 6.07 Å². The van der Waals surface area contributed by atoms with Gasteiger partial charge in [0, 0.05) is 25.6 Å². The molecular weight excluding hydrogens is 413 g/mol. The number of hydrogen-bond acceptors (Lipinski definition) is 4. The molecule has 4 rings (SSSR count). The molecular formula is C18H18F5N5O2. The molecule has 0 N–H and O–H groups in total. The van der Waals surface area contributed by atoms with Crippen molar-refractivity contribution in [2.75, 3.05) is 13.1 Å². The number of fused-ring (bicyclic) bond motifs is 1. The van der Waals surface area contributed by atoms with Crippen molar-refractivity contribution in [2.24, 2.45) is 0 Å². The molecule has 0 aliphatic carbocycles. The van der Waals surface area contributed by atoms with Gasteiger partial charge in [0.15, 0.2) is 0 Å². The third-order valence-corrected chi connectivity index (χ3v) is 5.34. The summed E-state index contributed by atoms with van der Waals surface area (Å²) in [6.07, 6.45) is -2.62. The molecule has 2 aliphatic rings. The quantitative estimate of drug-likeness (QED) is 0.699. The Morgan fingerprint density at radius 1 is 1.27 bits per heavy atom. The van der Waals surface area contributed by atoms with E-state index < -0.39 is 48.4 Å². The van der Waals surface area contributed by atoms with Crippen LogP contribution in [0.3, 0.4) is 0 Å². The van der Waals surface area contributed by atoms with E-state index in [1.807, 2.05) is 0 Å². The number of alkyl halides is 5. The predicted molar refractivity (Wildman–Crippen MR) is 92.9 cm³/mol. The first-order valence-electron chi connectivity index (χ1n) is 9.42. The van der Waals surface area contributed by atoms with Gasteiger partial charge >= 0.3 is 11.9 Å². The molecule has 0 bridgehead atoms. The van der Waals surface area contributed by atoms with Gasteiger partial charge in [0.05, 0.1) is 13.1 Å². The number of carbonyl (C=O) groups is 1. The van der Waals surface area contributed by atoms with Crippen molar-refractivity contribution < 1.29 is 26.7 Å². The van der Waals surface area contributed by atoms with Crippen molar-refractivity contribution in [1.29, 1.82) is 0 Å². The fraction of sp³-hybridized carbons (Fsp3) is 0.556. The van der Waals surface area contributed by atoms with E-state index >= 15 is 0 Å². The molecule has 0 aromatic carbocycles. The molecule has 12 heteroatoms. The van der Waals surface area contributed by atoms with Crippen molar-refractivity contribution in [3.63, 3.8) is 0 Å². The van der Waals surface area contributed by atoms with Crippen LogP contribution in [0.25, 0.3) is 0 Å². The van der Waals surface area contributed by atoms with Crippen LogP contribution in [0.2, 0.25) is 0 Å². The minimum absolute atomic E-state index is 0.0716. The van der Waals surface area contributed by atoms with Crippen LogP contribution in [0.4, 0.5) is 22.0 Å². The molecule has 1 unspecified atom stereocenters. The fourth-order valence-electron chi connectivity index (χ4n) is 3.86. The first kappa shape index (κ1) is 20.5. The topological polar surface area (TPSA) is 73.0 Å². The monoisotopic (exact) mass is 431 g/mol. The maximum Gasteiger partial charge on any atom is 0.433 e. The number of nitrogens with zero attached hydrogens (tertiary/aromatic N) is 5. The third-order valence-electron chi connectivity index (χ3n) is 5.34. The summed E-state index contributed by atoms with van der Waals surface area (Å²) in [5.41, 5.74) is -1.31. The Kier molecular flexibility index (Phi) is 4.89. The molecule has 2 aliphatic heterocycles. The molecule has 1 fully saturated rings. The summed E-state index contributed by atoms with van der Waals surface area (Å²) < 4.78 is 67.2. The normalized spacial score (nSPS) is 21.0. The molecule has 0 spiro atoms. The minimum Gasteiger partial charge on any atom is -0.335 e. The first-order valence-corrected chi connectivity index (χ1v) is 9.42. The zero-order valence-corrected chi connectivity index (χ0v) is 15.7. The molecule has 2 aromatic heterocycles. The lowest BCUT2D eigenvalue weighted by molar-refractivity contribution is -0.141.